The van der Waals surface area contributed by atoms with Gasteiger partial charge in [0.25, 0.3) is 0 Å². The van der Waals surface area contributed by atoms with Crippen LogP contribution in [0.5, 0.6) is 5.75 Å². The fourth-order valence-corrected chi connectivity index (χ4v) is 5.63. The highest BCUT2D eigenvalue weighted by molar-refractivity contribution is 5.93. The highest BCUT2D eigenvalue weighted by atomic mass is 19.1. The van der Waals surface area contributed by atoms with Crippen molar-refractivity contribution in [2.45, 2.75) is 51.4 Å². The second-order valence-electron chi connectivity index (χ2n) is 10.0. The highest BCUT2D eigenvalue weighted by Gasteiger charge is 2.29. The summed E-state index contributed by atoms with van der Waals surface area (Å²) in [6.45, 7) is 4.33. The molecule has 180 valence electrons. The molecule has 0 unspecified atom stereocenters. The zero-order valence-corrected chi connectivity index (χ0v) is 20.1. The zero-order chi connectivity index (χ0) is 23.7. The molecular weight excluding hydrogens is 429 g/mol. The van der Waals surface area contributed by atoms with Crippen molar-refractivity contribution < 1.29 is 13.9 Å². The smallest absolute Gasteiger partial charge is 0.227 e. The van der Waals surface area contributed by atoms with Crippen molar-refractivity contribution in [1.29, 1.82) is 0 Å². The van der Waals surface area contributed by atoms with Crippen LogP contribution in [0.2, 0.25) is 0 Å². The van der Waals surface area contributed by atoms with E-state index in [4.69, 9.17) is 4.74 Å². The topological polar surface area (TPSA) is 57.4 Å². The van der Waals surface area contributed by atoms with E-state index in [9.17, 15) is 9.18 Å². The summed E-state index contributed by atoms with van der Waals surface area (Å²) in [6, 6.07) is 10.9. The number of anilines is 2. The summed E-state index contributed by atoms with van der Waals surface area (Å²) in [7, 11) is 1.70. The molecular formula is C28H34FN3O2. The monoisotopic (exact) mass is 463 g/mol. The van der Waals surface area contributed by atoms with Crippen molar-refractivity contribution in [1.82, 2.24) is 4.98 Å². The van der Waals surface area contributed by atoms with E-state index in [1.54, 1.807) is 13.2 Å². The van der Waals surface area contributed by atoms with Crippen molar-refractivity contribution in [2.24, 2.45) is 11.8 Å². The summed E-state index contributed by atoms with van der Waals surface area (Å²) in [4.78, 5) is 18.7. The Labute approximate surface area is 200 Å². The van der Waals surface area contributed by atoms with Crippen LogP contribution >= 0.6 is 0 Å². The third-order valence-electron chi connectivity index (χ3n) is 7.78. The van der Waals surface area contributed by atoms with Gasteiger partial charge in [0.15, 0.2) is 0 Å². The molecule has 0 atom stereocenters. The first-order valence-corrected chi connectivity index (χ1v) is 12.5. The van der Waals surface area contributed by atoms with Gasteiger partial charge in [0.05, 0.1) is 12.8 Å². The number of benzene rings is 2. The Morgan fingerprint density at radius 1 is 1.06 bits per heavy atom. The Kier molecular flexibility index (Phi) is 6.48. The standard InChI is InChI=1S/C28H34FN3O2/c1-18-11-13-32(14-12-18)26-16-22(8-10-27(26)34-2)31-28(33)20-5-3-19(4-6-20)24-17-30-25-15-21(29)7-9-23(24)25/h7-10,15-20,30H,3-6,11-14H2,1-2H3,(H,31,33). The van der Waals surface area contributed by atoms with Crippen molar-refractivity contribution >= 4 is 28.2 Å². The highest BCUT2D eigenvalue weighted by Crippen LogP contribution is 2.40. The largest absolute Gasteiger partial charge is 0.495 e. The lowest BCUT2D eigenvalue weighted by molar-refractivity contribution is -0.120. The molecule has 34 heavy (non-hydrogen) atoms. The van der Waals surface area contributed by atoms with Crippen LogP contribution in [0, 0.1) is 17.7 Å². The molecule has 2 aromatic carbocycles. The number of amides is 1. The molecule has 5 nitrogen and oxygen atoms in total. The van der Waals surface area contributed by atoms with Crippen LogP contribution in [0.4, 0.5) is 15.8 Å². The molecule has 2 N–H and O–H groups in total. The summed E-state index contributed by atoms with van der Waals surface area (Å²) < 4.78 is 19.1. The molecule has 0 spiro atoms. The number of rotatable bonds is 5. The van der Waals surface area contributed by atoms with Crippen molar-refractivity contribution in [3.05, 3.63) is 54.0 Å². The molecule has 1 aromatic heterocycles. The number of fused-ring (bicyclic) bond motifs is 1. The van der Waals surface area contributed by atoms with Crippen molar-refractivity contribution in [3.8, 4) is 5.75 Å². The molecule has 1 aliphatic carbocycles. The van der Waals surface area contributed by atoms with Gasteiger partial charge in [0.1, 0.15) is 11.6 Å². The van der Waals surface area contributed by atoms with Gasteiger partial charge in [-0.05, 0) is 92.3 Å². The van der Waals surface area contributed by atoms with E-state index in [2.05, 4.69) is 28.2 Å². The van der Waals surface area contributed by atoms with E-state index in [1.807, 2.05) is 24.4 Å². The van der Waals surface area contributed by atoms with Gasteiger partial charge in [-0.25, -0.2) is 4.39 Å². The van der Waals surface area contributed by atoms with Crippen LogP contribution in [0.3, 0.4) is 0 Å². The molecule has 6 heteroatoms. The predicted molar refractivity (Wildman–Crippen MR) is 135 cm³/mol. The number of aromatic nitrogens is 1. The number of H-pyrrole nitrogens is 1. The second-order valence-corrected chi connectivity index (χ2v) is 10.0. The number of piperidine rings is 1. The zero-order valence-electron chi connectivity index (χ0n) is 20.1. The lowest BCUT2D eigenvalue weighted by Crippen LogP contribution is -2.33. The first-order valence-electron chi connectivity index (χ1n) is 12.5. The first-order chi connectivity index (χ1) is 16.5. The Hall–Kier alpha value is -3.02. The minimum absolute atomic E-state index is 0.0142. The number of methoxy groups -OCH3 is 1. The van der Waals surface area contributed by atoms with Gasteiger partial charge >= 0.3 is 0 Å². The van der Waals surface area contributed by atoms with Crippen LogP contribution < -0.4 is 15.0 Å². The lowest BCUT2D eigenvalue weighted by atomic mass is 9.78. The van der Waals surface area contributed by atoms with E-state index in [0.717, 1.165) is 72.7 Å². The maximum Gasteiger partial charge on any atom is 0.227 e. The molecule has 2 fully saturated rings. The molecule has 1 amide bonds. The molecule has 2 heterocycles. The van der Waals surface area contributed by atoms with Gasteiger partial charge in [-0.3, -0.25) is 4.79 Å². The number of hydrogen-bond acceptors (Lipinski definition) is 3. The van der Waals surface area contributed by atoms with Crippen LogP contribution in [0.25, 0.3) is 10.9 Å². The minimum Gasteiger partial charge on any atom is -0.495 e. The Bertz CT molecular complexity index is 1160. The Morgan fingerprint density at radius 3 is 2.56 bits per heavy atom. The van der Waals surface area contributed by atoms with Gasteiger partial charge < -0.3 is 19.9 Å². The van der Waals surface area contributed by atoms with Crippen LogP contribution in [0.1, 0.15) is 56.9 Å². The van der Waals surface area contributed by atoms with Crippen LogP contribution in [-0.2, 0) is 4.79 Å². The Morgan fingerprint density at radius 2 is 1.82 bits per heavy atom. The maximum atomic E-state index is 13.5. The fraction of sp³-hybridized carbons (Fsp3) is 0.464. The van der Waals surface area contributed by atoms with E-state index in [-0.39, 0.29) is 17.6 Å². The number of carbonyl (C=O) groups is 1. The number of carbonyl (C=O) groups excluding carboxylic acids is 1. The molecule has 0 radical (unpaired) electrons. The predicted octanol–water partition coefficient (Wildman–Crippen LogP) is 6.46. The normalized spacial score (nSPS) is 21.6. The Balaban J connectivity index is 1.22. The number of nitrogens with zero attached hydrogens (tertiary/aromatic N) is 1. The second kappa shape index (κ2) is 9.69. The summed E-state index contributed by atoms with van der Waals surface area (Å²) in [5, 5.41) is 4.26. The first kappa shape index (κ1) is 22.8. The molecule has 1 aliphatic heterocycles. The number of halogens is 1. The summed E-state index contributed by atoms with van der Waals surface area (Å²) in [5.41, 5.74) is 3.98. The summed E-state index contributed by atoms with van der Waals surface area (Å²) in [5.74, 6) is 1.90. The summed E-state index contributed by atoms with van der Waals surface area (Å²) in [6.07, 6.45) is 8.00. The van der Waals surface area contributed by atoms with Crippen LogP contribution in [-0.4, -0.2) is 31.1 Å². The number of nitrogens with one attached hydrogen (secondary N) is 2. The van der Waals surface area contributed by atoms with Gasteiger partial charge in [-0.1, -0.05) is 6.92 Å². The average Bonchev–Trinajstić information content (AvgIpc) is 3.27. The number of hydrogen-bond donors (Lipinski definition) is 2. The molecule has 2 aliphatic rings. The van der Waals surface area contributed by atoms with E-state index in [1.165, 1.54) is 24.5 Å². The van der Waals surface area contributed by atoms with E-state index < -0.39 is 0 Å². The van der Waals surface area contributed by atoms with Gasteiger partial charge in [0.2, 0.25) is 5.91 Å². The molecule has 0 bridgehead atoms. The molecule has 3 aromatic rings. The molecule has 1 saturated carbocycles. The summed E-state index contributed by atoms with van der Waals surface area (Å²) >= 11 is 0. The average molecular weight is 464 g/mol. The third kappa shape index (κ3) is 4.63. The molecule has 5 rings (SSSR count). The fourth-order valence-electron chi connectivity index (χ4n) is 5.63. The number of aromatic amines is 1. The SMILES string of the molecule is COc1ccc(NC(=O)C2CCC(c3c[nH]c4cc(F)ccc34)CC2)cc1N1CCC(C)CC1. The van der Waals surface area contributed by atoms with Crippen LogP contribution in [0.15, 0.2) is 42.6 Å². The maximum absolute atomic E-state index is 13.5. The lowest BCUT2D eigenvalue weighted by Gasteiger charge is -2.33. The van der Waals surface area contributed by atoms with Crippen molar-refractivity contribution in [2.75, 3.05) is 30.4 Å². The van der Waals surface area contributed by atoms with Crippen molar-refractivity contribution in [3.63, 3.8) is 0 Å². The van der Waals surface area contributed by atoms with E-state index in [0.29, 0.717) is 5.92 Å². The van der Waals surface area contributed by atoms with E-state index >= 15 is 0 Å². The quantitative estimate of drug-likeness (QED) is 0.456. The van der Waals surface area contributed by atoms with Gasteiger partial charge in [-0.15, -0.1) is 0 Å². The van der Waals surface area contributed by atoms with Gasteiger partial charge in [0, 0.05) is 41.8 Å². The molecule has 1 saturated heterocycles. The third-order valence-corrected chi connectivity index (χ3v) is 7.78. The number of ether oxygens (including phenoxy) is 1. The minimum atomic E-state index is -0.224. The van der Waals surface area contributed by atoms with Gasteiger partial charge in [-0.2, -0.15) is 0 Å².